The maximum atomic E-state index is 12.4. The molecular formula is C16H25NO4. The van der Waals surface area contributed by atoms with Crippen molar-refractivity contribution < 1.29 is 19.4 Å². The molecule has 1 fully saturated rings. The van der Waals surface area contributed by atoms with Crippen molar-refractivity contribution in [1.29, 1.82) is 0 Å². The molecule has 0 saturated carbocycles. The van der Waals surface area contributed by atoms with Crippen LogP contribution in [0.2, 0.25) is 0 Å². The fourth-order valence-electron chi connectivity index (χ4n) is 3.16. The minimum absolute atomic E-state index is 0.0637. The first-order valence-corrected chi connectivity index (χ1v) is 7.77. The van der Waals surface area contributed by atoms with Gasteiger partial charge in [0.05, 0.1) is 18.1 Å². The molecule has 0 aromatic rings. The van der Waals surface area contributed by atoms with Crippen molar-refractivity contribution >= 4 is 11.9 Å². The van der Waals surface area contributed by atoms with Gasteiger partial charge in [-0.05, 0) is 19.3 Å². The molecule has 2 heterocycles. The van der Waals surface area contributed by atoms with Gasteiger partial charge in [0, 0.05) is 6.04 Å². The fourth-order valence-corrected chi connectivity index (χ4v) is 3.16. The summed E-state index contributed by atoms with van der Waals surface area (Å²) < 4.78 is 5.52. The number of fused-ring (bicyclic) bond motifs is 2. The third-order valence-corrected chi connectivity index (χ3v) is 4.29. The highest BCUT2D eigenvalue weighted by atomic mass is 16.5. The fraction of sp³-hybridized carbons (Fsp3) is 0.750. The monoisotopic (exact) mass is 295 g/mol. The molecule has 2 aliphatic rings. The van der Waals surface area contributed by atoms with Crippen LogP contribution in [0.25, 0.3) is 0 Å². The molecule has 2 N–H and O–H groups in total. The van der Waals surface area contributed by atoms with Gasteiger partial charge in [-0.2, -0.15) is 0 Å². The minimum atomic E-state index is -0.959. The summed E-state index contributed by atoms with van der Waals surface area (Å²) in [7, 11) is 0. The summed E-state index contributed by atoms with van der Waals surface area (Å²) >= 11 is 0. The summed E-state index contributed by atoms with van der Waals surface area (Å²) in [5, 5.41) is 12.2. The molecule has 5 nitrogen and oxygen atoms in total. The predicted molar refractivity (Wildman–Crippen MR) is 78.7 cm³/mol. The summed E-state index contributed by atoms with van der Waals surface area (Å²) in [5.74, 6) is -1.86. The van der Waals surface area contributed by atoms with Gasteiger partial charge >= 0.3 is 5.97 Å². The Morgan fingerprint density at radius 2 is 1.76 bits per heavy atom. The average molecular weight is 295 g/mol. The van der Waals surface area contributed by atoms with Crippen LogP contribution in [0.4, 0.5) is 0 Å². The van der Waals surface area contributed by atoms with Gasteiger partial charge in [-0.25, -0.2) is 0 Å². The SMILES string of the molecule is CC(C)CCC[C@H](C)NC(=O)[C@@H]1[C@H](C(=O)O)[C@H]2C=C[C@H]1O2. The van der Waals surface area contributed by atoms with Crippen molar-refractivity contribution in [2.24, 2.45) is 17.8 Å². The molecule has 1 saturated heterocycles. The molecule has 0 aliphatic carbocycles. The van der Waals surface area contributed by atoms with Crippen molar-refractivity contribution in [3.63, 3.8) is 0 Å². The third kappa shape index (κ3) is 3.64. The van der Waals surface area contributed by atoms with Crippen LogP contribution in [0, 0.1) is 17.8 Å². The van der Waals surface area contributed by atoms with E-state index in [1.54, 1.807) is 12.2 Å². The van der Waals surface area contributed by atoms with Crippen molar-refractivity contribution in [3.8, 4) is 0 Å². The van der Waals surface area contributed by atoms with Gasteiger partial charge in [0.1, 0.15) is 5.92 Å². The minimum Gasteiger partial charge on any atom is -0.481 e. The van der Waals surface area contributed by atoms with E-state index >= 15 is 0 Å². The molecule has 118 valence electrons. The van der Waals surface area contributed by atoms with Crippen LogP contribution in [-0.4, -0.2) is 35.2 Å². The third-order valence-electron chi connectivity index (χ3n) is 4.29. The van der Waals surface area contributed by atoms with Gasteiger partial charge in [-0.1, -0.05) is 38.8 Å². The van der Waals surface area contributed by atoms with E-state index in [0.29, 0.717) is 5.92 Å². The Kier molecular flexibility index (Phi) is 5.04. The lowest BCUT2D eigenvalue weighted by Gasteiger charge is -2.23. The highest BCUT2D eigenvalue weighted by Crippen LogP contribution is 2.39. The van der Waals surface area contributed by atoms with E-state index in [0.717, 1.165) is 19.3 Å². The highest BCUT2D eigenvalue weighted by Gasteiger charge is 2.53. The number of carbonyl (C=O) groups excluding carboxylic acids is 1. The number of carboxylic acid groups (broad SMARTS) is 1. The first-order chi connectivity index (χ1) is 9.90. The molecule has 1 amide bonds. The maximum absolute atomic E-state index is 12.4. The number of hydrogen-bond acceptors (Lipinski definition) is 3. The van der Waals surface area contributed by atoms with Crippen molar-refractivity contribution in [2.45, 2.75) is 58.3 Å². The quantitative estimate of drug-likeness (QED) is 0.704. The smallest absolute Gasteiger partial charge is 0.310 e. The van der Waals surface area contributed by atoms with Gasteiger partial charge in [0.15, 0.2) is 0 Å². The van der Waals surface area contributed by atoms with Gasteiger partial charge in [0.25, 0.3) is 0 Å². The largest absolute Gasteiger partial charge is 0.481 e. The van der Waals surface area contributed by atoms with E-state index in [1.807, 2.05) is 6.92 Å². The molecule has 5 heteroatoms. The Morgan fingerprint density at radius 1 is 1.14 bits per heavy atom. The van der Waals surface area contributed by atoms with Crippen LogP contribution < -0.4 is 5.32 Å². The van der Waals surface area contributed by atoms with Gasteiger partial charge in [-0.3, -0.25) is 9.59 Å². The second-order valence-corrected chi connectivity index (χ2v) is 6.57. The number of carbonyl (C=O) groups is 2. The van der Waals surface area contributed by atoms with Crippen LogP contribution in [0.3, 0.4) is 0 Å². The Labute approximate surface area is 125 Å². The number of amides is 1. The molecule has 2 aliphatic heterocycles. The lowest BCUT2D eigenvalue weighted by Crippen LogP contribution is -2.45. The number of carboxylic acids is 1. The molecule has 0 aromatic carbocycles. The zero-order valence-corrected chi connectivity index (χ0v) is 12.9. The average Bonchev–Trinajstić information content (AvgIpc) is 2.97. The summed E-state index contributed by atoms with van der Waals surface area (Å²) in [6, 6.07) is 0.0637. The summed E-state index contributed by atoms with van der Waals surface area (Å²) in [6.07, 6.45) is 5.82. The zero-order valence-electron chi connectivity index (χ0n) is 12.9. The molecule has 0 unspecified atom stereocenters. The number of ether oxygens (including phenoxy) is 1. The molecule has 0 spiro atoms. The number of nitrogens with one attached hydrogen (secondary N) is 1. The molecule has 0 radical (unpaired) electrons. The predicted octanol–water partition coefficient (Wildman–Crippen LogP) is 1.97. The van der Waals surface area contributed by atoms with E-state index in [-0.39, 0.29) is 18.1 Å². The molecule has 0 aromatic heterocycles. The zero-order chi connectivity index (χ0) is 15.6. The number of hydrogen-bond donors (Lipinski definition) is 2. The van der Waals surface area contributed by atoms with Crippen molar-refractivity contribution in [2.75, 3.05) is 0 Å². The van der Waals surface area contributed by atoms with Gasteiger partial charge in [-0.15, -0.1) is 0 Å². The van der Waals surface area contributed by atoms with Crippen molar-refractivity contribution in [3.05, 3.63) is 12.2 Å². The number of rotatable bonds is 7. The highest BCUT2D eigenvalue weighted by molar-refractivity contribution is 5.87. The van der Waals surface area contributed by atoms with Gasteiger partial charge in [0.2, 0.25) is 5.91 Å². The summed E-state index contributed by atoms with van der Waals surface area (Å²) in [5.41, 5.74) is 0. The van der Waals surface area contributed by atoms with E-state index in [2.05, 4.69) is 19.2 Å². The molecular weight excluding hydrogens is 270 g/mol. The second kappa shape index (κ2) is 6.60. The summed E-state index contributed by atoms with van der Waals surface area (Å²) in [4.78, 5) is 23.7. The van der Waals surface area contributed by atoms with E-state index < -0.39 is 23.9 Å². The van der Waals surface area contributed by atoms with Crippen LogP contribution >= 0.6 is 0 Å². The van der Waals surface area contributed by atoms with E-state index in [4.69, 9.17) is 4.74 Å². The normalized spacial score (nSPS) is 31.6. The lowest BCUT2D eigenvalue weighted by molar-refractivity contribution is -0.146. The Morgan fingerprint density at radius 3 is 2.33 bits per heavy atom. The second-order valence-electron chi connectivity index (χ2n) is 6.57. The Hall–Kier alpha value is -1.36. The molecule has 2 bridgehead atoms. The van der Waals surface area contributed by atoms with Crippen LogP contribution in [0.15, 0.2) is 12.2 Å². The van der Waals surface area contributed by atoms with Crippen LogP contribution in [-0.2, 0) is 14.3 Å². The number of aliphatic carboxylic acids is 1. The lowest BCUT2D eigenvalue weighted by atomic mass is 9.82. The molecule has 5 atom stereocenters. The van der Waals surface area contributed by atoms with Crippen LogP contribution in [0.1, 0.15) is 40.0 Å². The van der Waals surface area contributed by atoms with E-state index in [9.17, 15) is 14.7 Å². The Balaban J connectivity index is 1.88. The molecule has 21 heavy (non-hydrogen) atoms. The maximum Gasteiger partial charge on any atom is 0.310 e. The van der Waals surface area contributed by atoms with Crippen LogP contribution in [0.5, 0.6) is 0 Å². The van der Waals surface area contributed by atoms with Gasteiger partial charge < -0.3 is 15.2 Å². The standard InChI is InChI=1S/C16H25NO4/c1-9(2)5-4-6-10(3)17-15(18)13-11-7-8-12(21-11)14(13)16(19)20/h7-14H,4-6H2,1-3H3,(H,17,18)(H,19,20)/t10-,11+,12+,13-,14+/m0/s1. The first kappa shape index (κ1) is 16.0. The Bertz CT molecular complexity index is 432. The first-order valence-electron chi connectivity index (χ1n) is 7.77. The summed E-state index contributed by atoms with van der Waals surface area (Å²) in [6.45, 7) is 6.33. The topological polar surface area (TPSA) is 75.6 Å². The van der Waals surface area contributed by atoms with E-state index in [1.165, 1.54) is 0 Å². The molecule has 2 rings (SSSR count). The van der Waals surface area contributed by atoms with Crippen molar-refractivity contribution in [1.82, 2.24) is 5.32 Å².